The van der Waals surface area contributed by atoms with Gasteiger partial charge in [0, 0.05) is 61.3 Å². The third-order valence-electron chi connectivity index (χ3n) is 7.00. The Morgan fingerprint density at radius 3 is 2.33 bits per heavy atom. The molecule has 3 heterocycles. The second-order valence-electron chi connectivity index (χ2n) is 9.25. The predicted molar refractivity (Wildman–Crippen MR) is 140 cm³/mol. The van der Waals surface area contributed by atoms with Gasteiger partial charge in [0.15, 0.2) is 0 Å². The molecule has 0 unspecified atom stereocenters. The Morgan fingerprint density at radius 2 is 1.64 bits per heavy atom. The number of aromatic nitrogens is 1. The molecule has 2 fully saturated rings. The molecule has 5 rings (SSSR count). The topological polar surface area (TPSA) is 56.8 Å². The van der Waals surface area contributed by atoms with E-state index in [-0.39, 0.29) is 23.5 Å². The van der Waals surface area contributed by atoms with E-state index in [0.717, 1.165) is 29.1 Å². The number of amides is 2. The first-order chi connectivity index (χ1) is 17.5. The predicted octanol–water partition coefficient (Wildman–Crippen LogP) is 4.85. The molecular weight excluding hydrogens is 499 g/mol. The highest BCUT2D eigenvalue weighted by Crippen LogP contribution is 2.31. The highest BCUT2D eigenvalue weighted by molar-refractivity contribution is 7.09. The van der Waals surface area contributed by atoms with Gasteiger partial charge < -0.3 is 14.7 Å². The molecule has 6 nitrogen and oxygen atoms in total. The number of hydrogen-bond donors (Lipinski definition) is 0. The minimum atomic E-state index is -0.249. The molecule has 188 valence electrons. The van der Waals surface area contributed by atoms with E-state index >= 15 is 0 Å². The summed E-state index contributed by atoms with van der Waals surface area (Å²) in [4.78, 5) is 36.4. The molecule has 2 aliphatic heterocycles. The summed E-state index contributed by atoms with van der Waals surface area (Å²) in [6, 6.07) is 13.9. The Hall–Kier alpha value is -2.97. The van der Waals surface area contributed by atoms with E-state index in [9.17, 15) is 14.0 Å². The number of likely N-dealkylation sites (tertiary alicyclic amines) is 1. The van der Waals surface area contributed by atoms with Gasteiger partial charge in [-0.2, -0.15) is 0 Å². The highest BCUT2D eigenvalue weighted by atomic mass is 35.5. The minimum Gasteiger partial charge on any atom is -0.368 e. The van der Waals surface area contributed by atoms with Crippen molar-refractivity contribution in [2.24, 2.45) is 0 Å². The minimum absolute atomic E-state index is 0.0383. The lowest BCUT2D eigenvalue weighted by molar-refractivity contribution is -0.131. The van der Waals surface area contributed by atoms with Crippen molar-refractivity contribution in [1.82, 2.24) is 14.8 Å². The SMILES string of the molecule is O=C(Cc1ccccc1Cl)N1CCC(c2nc(C(=O)N3CCN(c4ccc(F)cc4)CC3)cs2)CC1. The molecule has 2 amide bonds. The quantitative estimate of drug-likeness (QED) is 0.477. The summed E-state index contributed by atoms with van der Waals surface area (Å²) in [5.74, 6) is 0.0671. The third-order valence-corrected chi connectivity index (χ3v) is 8.37. The Morgan fingerprint density at radius 1 is 0.944 bits per heavy atom. The van der Waals surface area contributed by atoms with Crippen LogP contribution in [-0.4, -0.2) is 65.9 Å². The van der Waals surface area contributed by atoms with Crippen LogP contribution < -0.4 is 4.90 Å². The second-order valence-corrected chi connectivity index (χ2v) is 10.5. The molecule has 0 atom stereocenters. The van der Waals surface area contributed by atoms with Crippen LogP contribution in [0.1, 0.15) is 39.8 Å². The second kappa shape index (κ2) is 11.0. The van der Waals surface area contributed by atoms with Crippen molar-refractivity contribution in [1.29, 1.82) is 0 Å². The van der Waals surface area contributed by atoms with Crippen LogP contribution in [0.5, 0.6) is 0 Å². The summed E-state index contributed by atoms with van der Waals surface area (Å²) in [7, 11) is 0. The summed E-state index contributed by atoms with van der Waals surface area (Å²) in [6.07, 6.45) is 1.99. The zero-order chi connectivity index (χ0) is 25.1. The molecule has 0 spiro atoms. The van der Waals surface area contributed by atoms with Crippen LogP contribution in [0.4, 0.5) is 10.1 Å². The van der Waals surface area contributed by atoms with E-state index in [1.54, 1.807) is 12.1 Å². The molecule has 0 bridgehead atoms. The van der Waals surface area contributed by atoms with Crippen molar-refractivity contribution in [3.05, 3.63) is 81.0 Å². The number of rotatable bonds is 5. The summed E-state index contributed by atoms with van der Waals surface area (Å²) < 4.78 is 13.2. The van der Waals surface area contributed by atoms with Gasteiger partial charge in [0.05, 0.1) is 11.4 Å². The number of piperidine rings is 1. The van der Waals surface area contributed by atoms with Crippen molar-refractivity contribution in [2.45, 2.75) is 25.2 Å². The first-order valence-electron chi connectivity index (χ1n) is 12.2. The molecule has 2 saturated heterocycles. The average molecular weight is 527 g/mol. The number of anilines is 1. The van der Waals surface area contributed by atoms with Crippen LogP contribution in [0.25, 0.3) is 0 Å². The molecule has 0 saturated carbocycles. The normalized spacial score (nSPS) is 16.9. The highest BCUT2D eigenvalue weighted by Gasteiger charge is 2.28. The molecule has 0 aliphatic carbocycles. The van der Waals surface area contributed by atoms with Crippen molar-refractivity contribution < 1.29 is 14.0 Å². The summed E-state index contributed by atoms with van der Waals surface area (Å²) >= 11 is 7.75. The van der Waals surface area contributed by atoms with Gasteiger partial charge in [0.25, 0.3) is 5.91 Å². The number of thiazole rings is 1. The fourth-order valence-corrected chi connectivity index (χ4v) is 6.01. The van der Waals surface area contributed by atoms with Gasteiger partial charge in [-0.25, -0.2) is 9.37 Å². The maximum absolute atomic E-state index is 13.2. The lowest BCUT2D eigenvalue weighted by Gasteiger charge is -2.35. The van der Waals surface area contributed by atoms with E-state index in [4.69, 9.17) is 16.6 Å². The molecular formula is C27H28ClFN4O2S. The van der Waals surface area contributed by atoms with Crippen LogP contribution in [0, 0.1) is 5.82 Å². The summed E-state index contributed by atoms with van der Waals surface area (Å²) in [5, 5.41) is 3.46. The first kappa shape index (κ1) is 24.7. The van der Waals surface area contributed by atoms with Crippen LogP contribution in [0.3, 0.4) is 0 Å². The van der Waals surface area contributed by atoms with Gasteiger partial charge >= 0.3 is 0 Å². The van der Waals surface area contributed by atoms with Crippen molar-refractivity contribution in [3.8, 4) is 0 Å². The monoisotopic (exact) mass is 526 g/mol. The zero-order valence-electron chi connectivity index (χ0n) is 19.9. The van der Waals surface area contributed by atoms with E-state index in [2.05, 4.69) is 4.90 Å². The lowest BCUT2D eigenvalue weighted by Crippen LogP contribution is -2.48. The number of carbonyl (C=O) groups excluding carboxylic acids is 2. The Labute approximate surface area is 219 Å². The fourth-order valence-electron chi connectivity index (χ4n) is 4.85. The molecule has 2 aromatic carbocycles. The maximum atomic E-state index is 13.2. The first-order valence-corrected chi connectivity index (χ1v) is 13.5. The van der Waals surface area contributed by atoms with Crippen LogP contribution in [0.15, 0.2) is 53.9 Å². The number of piperazine rings is 1. The van der Waals surface area contributed by atoms with E-state index in [0.29, 0.717) is 56.4 Å². The number of carbonyl (C=O) groups is 2. The largest absolute Gasteiger partial charge is 0.368 e. The van der Waals surface area contributed by atoms with Crippen molar-refractivity contribution >= 4 is 40.4 Å². The summed E-state index contributed by atoms with van der Waals surface area (Å²) in [6.45, 7) is 3.98. The van der Waals surface area contributed by atoms with Gasteiger partial charge in [0.1, 0.15) is 11.5 Å². The van der Waals surface area contributed by atoms with Gasteiger partial charge in [-0.3, -0.25) is 9.59 Å². The van der Waals surface area contributed by atoms with Crippen LogP contribution in [0.2, 0.25) is 5.02 Å². The standard InChI is InChI=1S/C27H28ClFN4O2S/c28-23-4-2-1-3-20(23)17-25(34)32-11-9-19(10-12-32)26-30-24(18-36-26)27(35)33-15-13-31(14-16-33)22-7-5-21(29)6-8-22/h1-8,18-19H,9-17H2. The maximum Gasteiger partial charge on any atom is 0.273 e. The molecule has 0 radical (unpaired) electrons. The molecule has 1 aromatic heterocycles. The molecule has 3 aromatic rings. The molecule has 9 heteroatoms. The van der Waals surface area contributed by atoms with Gasteiger partial charge in [-0.05, 0) is 48.7 Å². The van der Waals surface area contributed by atoms with E-state index < -0.39 is 0 Å². The van der Waals surface area contributed by atoms with Crippen molar-refractivity contribution in [3.63, 3.8) is 0 Å². The fraction of sp³-hybridized carbons (Fsp3) is 0.370. The van der Waals surface area contributed by atoms with Gasteiger partial charge in [-0.15, -0.1) is 11.3 Å². The van der Waals surface area contributed by atoms with Crippen molar-refractivity contribution in [2.75, 3.05) is 44.2 Å². The third kappa shape index (κ3) is 5.55. The Balaban J connectivity index is 1.12. The Kier molecular flexibility index (Phi) is 7.53. The van der Waals surface area contributed by atoms with E-state index in [1.807, 2.05) is 39.4 Å². The van der Waals surface area contributed by atoms with Crippen LogP contribution >= 0.6 is 22.9 Å². The number of nitrogens with zero attached hydrogens (tertiary/aromatic N) is 4. The summed E-state index contributed by atoms with van der Waals surface area (Å²) in [5.41, 5.74) is 2.33. The molecule has 2 aliphatic rings. The van der Waals surface area contributed by atoms with Gasteiger partial charge in [-0.1, -0.05) is 29.8 Å². The molecule has 36 heavy (non-hydrogen) atoms. The zero-order valence-corrected chi connectivity index (χ0v) is 21.5. The van der Waals surface area contributed by atoms with Gasteiger partial charge in [0.2, 0.25) is 5.91 Å². The van der Waals surface area contributed by atoms with E-state index in [1.165, 1.54) is 23.5 Å². The Bertz CT molecular complexity index is 1220. The average Bonchev–Trinajstić information content (AvgIpc) is 3.41. The number of halogens is 2. The molecule has 0 N–H and O–H groups in total. The number of benzene rings is 2. The smallest absolute Gasteiger partial charge is 0.273 e. The lowest BCUT2D eigenvalue weighted by atomic mass is 9.97. The number of hydrogen-bond acceptors (Lipinski definition) is 5. The van der Waals surface area contributed by atoms with Crippen LogP contribution in [-0.2, 0) is 11.2 Å².